The van der Waals surface area contributed by atoms with Crippen molar-refractivity contribution in [2.75, 3.05) is 20.1 Å². The van der Waals surface area contributed by atoms with Crippen molar-refractivity contribution in [3.63, 3.8) is 0 Å². The molecule has 0 aliphatic carbocycles. The molecule has 0 radical (unpaired) electrons. The molecule has 3 heterocycles. The van der Waals surface area contributed by atoms with Crippen LogP contribution in [-0.4, -0.2) is 36.6 Å². The van der Waals surface area contributed by atoms with Gasteiger partial charge in [-0.25, -0.2) is 0 Å². The first-order valence-corrected chi connectivity index (χ1v) is 4.75. The fraction of sp³-hybridized carbons (Fsp3) is 0.889. The highest BCUT2D eigenvalue weighted by Gasteiger charge is 2.47. The largest absolute Gasteiger partial charge is 0.365 e. The Labute approximate surface area is 73.1 Å². The zero-order chi connectivity index (χ0) is 8.77. The van der Waals surface area contributed by atoms with Crippen molar-refractivity contribution in [2.24, 2.45) is 11.7 Å². The van der Waals surface area contributed by atoms with Gasteiger partial charge < -0.3 is 10.2 Å². The van der Waals surface area contributed by atoms with Crippen LogP contribution in [0.15, 0.2) is 0 Å². The second kappa shape index (κ2) is 2.46. The molecule has 12 heavy (non-hydrogen) atoms. The number of nitrogens with zero attached hydrogens (tertiary/aromatic N) is 1. The molecule has 68 valence electrons. The predicted molar refractivity (Wildman–Crippen MR) is 46.2 cm³/mol. The van der Waals surface area contributed by atoms with Crippen molar-refractivity contribution in [2.45, 2.75) is 25.3 Å². The molecule has 1 amide bonds. The monoisotopic (exact) mass is 169 g/mol. The van der Waals surface area contributed by atoms with Gasteiger partial charge in [0.1, 0.15) is 0 Å². The third-order valence-electron chi connectivity index (χ3n) is 3.73. The fourth-order valence-corrected chi connectivity index (χ4v) is 2.75. The van der Waals surface area contributed by atoms with Gasteiger partial charge in [0.05, 0.1) is 20.1 Å². The van der Waals surface area contributed by atoms with Crippen molar-refractivity contribution in [1.29, 1.82) is 0 Å². The van der Waals surface area contributed by atoms with Gasteiger partial charge in [0.25, 0.3) is 5.91 Å². The number of nitrogens with two attached hydrogens (primary N) is 1. The van der Waals surface area contributed by atoms with Gasteiger partial charge in [-0.15, -0.1) is 0 Å². The standard InChI is InChI=1S/C9H16N2O/c1-11-4-2-7(3-5-11)6-8(11)9(10)12/h7-8H,2-6H2,1H3,(H-,10,12)/p+1. The zero-order valence-electron chi connectivity index (χ0n) is 7.62. The van der Waals surface area contributed by atoms with E-state index < -0.39 is 0 Å². The first-order chi connectivity index (χ1) is 5.62. The van der Waals surface area contributed by atoms with E-state index in [0.717, 1.165) is 29.9 Å². The summed E-state index contributed by atoms with van der Waals surface area (Å²) in [6.07, 6.45) is 3.62. The third-order valence-corrected chi connectivity index (χ3v) is 3.73. The van der Waals surface area contributed by atoms with Crippen LogP contribution in [0.25, 0.3) is 0 Å². The van der Waals surface area contributed by atoms with Crippen LogP contribution >= 0.6 is 0 Å². The molecule has 2 bridgehead atoms. The summed E-state index contributed by atoms with van der Waals surface area (Å²) in [7, 11) is 2.17. The average Bonchev–Trinajstić information content (AvgIpc) is 2.04. The Morgan fingerprint density at radius 3 is 2.33 bits per heavy atom. The van der Waals surface area contributed by atoms with Gasteiger partial charge in [0.15, 0.2) is 6.04 Å². The van der Waals surface area contributed by atoms with E-state index in [2.05, 4.69) is 7.05 Å². The quantitative estimate of drug-likeness (QED) is 0.556. The van der Waals surface area contributed by atoms with Crippen LogP contribution in [0.4, 0.5) is 0 Å². The van der Waals surface area contributed by atoms with Crippen molar-refractivity contribution in [1.82, 2.24) is 0 Å². The van der Waals surface area contributed by atoms with Crippen LogP contribution in [0.5, 0.6) is 0 Å². The van der Waals surface area contributed by atoms with Crippen molar-refractivity contribution >= 4 is 5.91 Å². The molecule has 3 fully saturated rings. The lowest BCUT2D eigenvalue weighted by molar-refractivity contribution is -0.939. The number of likely N-dealkylation sites (N-methyl/N-ethyl adjacent to an activating group) is 1. The second-order valence-corrected chi connectivity index (χ2v) is 4.52. The lowest BCUT2D eigenvalue weighted by Gasteiger charge is -2.50. The number of fused-ring (bicyclic) bond motifs is 3. The Hall–Kier alpha value is -0.570. The van der Waals surface area contributed by atoms with Crippen molar-refractivity contribution in [3.8, 4) is 0 Å². The van der Waals surface area contributed by atoms with Crippen LogP contribution in [-0.2, 0) is 4.79 Å². The van der Waals surface area contributed by atoms with Crippen LogP contribution in [0.2, 0.25) is 0 Å². The molecule has 0 saturated carbocycles. The minimum Gasteiger partial charge on any atom is -0.365 e. The van der Waals surface area contributed by atoms with Crippen LogP contribution < -0.4 is 5.73 Å². The molecule has 3 rings (SSSR count). The maximum absolute atomic E-state index is 11.2. The summed E-state index contributed by atoms with van der Waals surface area (Å²) in [4.78, 5) is 11.2. The van der Waals surface area contributed by atoms with Gasteiger partial charge in [-0.05, 0) is 18.8 Å². The smallest absolute Gasteiger partial charge is 0.275 e. The molecular formula is C9H17N2O+. The second-order valence-electron chi connectivity index (χ2n) is 4.52. The molecule has 3 aliphatic heterocycles. The summed E-state index contributed by atoms with van der Waals surface area (Å²) in [6, 6.07) is 0.109. The molecule has 2 N–H and O–H groups in total. The highest BCUT2D eigenvalue weighted by atomic mass is 16.1. The minimum absolute atomic E-state index is 0.0955. The maximum atomic E-state index is 11.2. The Bertz CT molecular complexity index is 207. The number of quaternary nitrogens is 1. The van der Waals surface area contributed by atoms with E-state index in [1.165, 1.54) is 12.8 Å². The van der Waals surface area contributed by atoms with Crippen LogP contribution in [0.1, 0.15) is 19.3 Å². The maximum Gasteiger partial charge on any atom is 0.275 e. The number of rotatable bonds is 1. The highest BCUT2D eigenvalue weighted by Crippen LogP contribution is 2.36. The molecule has 0 spiro atoms. The summed E-state index contributed by atoms with van der Waals surface area (Å²) in [5, 5.41) is 0. The molecule has 1 unspecified atom stereocenters. The van der Waals surface area contributed by atoms with Crippen LogP contribution in [0.3, 0.4) is 0 Å². The molecule has 3 saturated heterocycles. The first kappa shape index (κ1) is 8.05. The highest BCUT2D eigenvalue weighted by molar-refractivity contribution is 5.78. The summed E-state index contributed by atoms with van der Waals surface area (Å²) >= 11 is 0. The van der Waals surface area contributed by atoms with Crippen molar-refractivity contribution in [3.05, 3.63) is 0 Å². The van der Waals surface area contributed by atoms with E-state index in [0.29, 0.717) is 0 Å². The zero-order valence-corrected chi connectivity index (χ0v) is 7.62. The van der Waals surface area contributed by atoms with Gasteiger partial charge in [-0.3, -0.25) is 4.79 Å². The van der Waals surface area contributed by atoms with E-state index in [1.807, 2.05) is 0 Å². The number of piperidine rings is 3. The number of hydrogen-bond donors (Lipinski definition) is 1. The number of carbonyl (C=O) groups is 1. The SMILES string of the molecule is C[N+]12CCC(CC1)CC2C(N)=O. The van der Waals surface area contributed by atoms with Gasteiger partial charge >= 0.3 is 0 Å². The average molecular weight is 169 g/mol. The van der Waals surface area contributed by atoms with Crippen molar-refractivity contribution < 1.29 is 9.28 Å². The molecule has 1 atom stereocenters. The lowest BCUT2D eigenvalue weighted by atomic mass is 9.81. The summed E-state index contributed by atoms with van der Waals surface area (Å²) in [5.41, 5.74) is 5.38. The van der Waals surface area contributed by atoms with E-state index >= 15 is 0 Å². The molecule has 3 nitrogen and oxygen atoms in total. The predicted octanol–water partition coefficient (Wildman–Crippen LogP) is 0.101. The lowest BCUT2D eigenvalue weighted by Crippen LogP contribution is -2.65. The topological polar surface area (TPSA) is 43.1 Å². The Morgan fingerprint density at radius 2 is 2.00 bits per heavy atom. The third kappa shape index (κ3) is 1.04. The summed E-state index contributed by atoms with van der Waals surface area (Å²) in [5.74, 6) is 0.685. The molecule has 0 aromatic carbocycles. The normalized spacial score (nSPS) is 46.1. The Morgan fingerprint density at radius 1 is 1.42 bits per heavy atom. The summed E-state index contributed by atoms with van der Waals surface area (Å²) in [6.45, 7) is 2.30. The molecule has 3 aliphatic rings. The molecule has 3 heteroatoms. The number of carbonyl (C=O) groups excluding carboxylic acids is 1. The molecule has 0 aromatic heterocycles. The molecular weight excluding hydrogens is 152 g/mol. The molecule has 0 aromatic rings. The Balaban J connectivity index is 2.20. The number of hydrogen-bond acceptors (Lipinski definition) is 1. The van der Waals surface area contributed by atoms with E-state index in [9.17, 15) is 4.79 Å². The minimum atomic E-state index is -0.0955. The van der Waals surface area contributed by atoms with Crippen LogP contribution in [0, 0.1) is 5.92 Å². The van der Waals surface area contributed by atoms with E-state index in [-0.39, 0.29) is 11.9 Å². The van der Waals surface area contributed by atoms with Gasteiger partial charge in [-0.2, -0.15) is 0 Å². The van der Waals surface area contributed by atoms with Gasteiger partial charge in [0, 0.05) is 6.42 Å². The Kier molecular flexibility index (Phi) is 1.65. The first-order valence-electron chi connectivity index (χ1n) is 4.75. The van der Waals surface area contributed by atoms with Gasteiger partial charge in [0.2, 0.25) is 0 Å². The summed E-state index contributed by atoms with van der Waals surface area (Å²) < 4.78 is 0.909. The van der Waals surface area contributed by atoms with E-state index in [4.69, 9.17) is 5.73 Å². The van der Waals surface area contributed by atoms with Gasteiger partial charge in [-0.1, -0.05) is 0 Å². The number of amides is 1. The fourth-order valence-electron chi connectivity index (χ4n) is 2.75. The number of primary amides is 1. The van der Waals surface area contributed by atoms with E-state index in [1.54, 1.807) is 0 Å².